The quantitative estimate of drug-likeness (QED) is 0.231. The summed E-state index contributed by atoms with van der Waals surface area (Å²) in [5.41, 5.74) is 0. The molecule has 9 nitrogen and oxygen atoms in total. The van der Waals surface area contributed by atoms with Gasteiger partial charge in [0.2, 0.25) is 11.8 Å². The molecule has 0 bridgehead atoms. The van der Waals surface area contributed by atoms with Crippen LogP contribution in [0.5, 0.6) is 0 Å². The fourth-order valence-corrected chi connectivity index (χ4v) is 3.90. The second-order valence-corrected chi connectivity index (χ2v) is 8.66. The van der Waals surface area contributed by atoms with Crippen molar-refractivity contribution in [2.24, 2.45) is 11.8 Å². The van der Waals surface area contributed by atoms with Gasteiger partial charge >= 0.3 is 0 Å². The molecule has 0 fully saturated rings. The maximum Gasteiger partial charge on any atom is 0.242 e. The largest absolute Gasteiger partial charge is 0.379 e. The van der Waals surface area contributed by atoms with Crippen molar-refractivity contribution in [1.82, 2.24) is 20.4 Å². The summed E-state index contributed by atoms with van der Waals surface area (Å²) in [6, 6.07) is -0.619. The fourth-order valence-electron chi connectivity index (χ4n) is 3.90. The Kier molecular flexibility index (Phi) is 16.2. The fraction of sp³-hybridized carbons (Fsp3) is 0.870. The highest BCUT2D eigenvalue weighted by atomic mass is 16.5. The number of ether oxygens (including phenoxy) is 2. The van der Waals surface area contributed by atoms with E-state index in [-0.39, 0.29) is 54.8 Å². The van der Waals surface area contributed by atoms with Crippen molar-refractivity contribution in [3.63, 3.8) is 0 Å². The third kappa shape index (κ3) is 10.4. The SMILES string of the molecule is CCC(C)C(C(CC=O)OC)N(C)C(=O)CNC(=O)C(C(C)C)N(C)CCOCCNC. The van der Waals surface area contributed by atoms with Crippen LogP contribution < -0.4 is 10.6 Å². The lowest BCUT2D eigenvalue weighted by Crippen LogP contribution is -2.54. The molecule has 4 unspecified atom stereocenters. The minimum atomic E-state index is -0.385. The Morgan fingerprint density at radius 2 is 1.78 bits per heavy atom. The van der Waals surface area contributed by atoms with Gasteiger partial charge in [-0.3, -0.25) is 14.5 Å². The average Bonchev–Trinajstić information content (AvgIpc) is 2.76. The summed E-state index contributed by atoms with van der Waals surface area (Å²) in [6.45, 7) is 10.5. The average molecular weight is 459 g/mol. The molecule has 2 N–H and O–H groups in total. The zero-order chi connectivity index (χ0) is 24.7. The van der Waals surface area contributed by atoms with Gasteiger partial charge in [-0.15, -0.1) is 0 Å². The predicted octanol–water partition coefficient (Wildman–Crippen LogP) is 0.772. The first-order valence-electron chi connectivity index (χ1n) is 11.6. The highest BCUT2D eigenvalue weighted by molar-refractivity contribution is 5.87. The van der Waals surface area contributed by atoms with E-state index in [4.69, 9.17) is 9.47 Å². The van der Waals surface area contributed by atoms with Gasteiger partial charge in [-0.05, 0) is 25.9 Å². The lowest BCUT2D eigenvalue weighted by Gasteiger charge is -2.37. The van der Waals surface area contributed by atoms with Gasteiger partial charge in [-0.1, -0.05) is 34.1 Å². The van der Waals surface area contributed by atoms with Crippen LogP contribution >= 0.6 is 0 Å². The first-order chi connectivity index (χ1) is 15.2. The van der Waals surface area contributed by atoms with Crippen molar-refractivity contribution in [1.29, 1.82) is 0 Å². The van der Waals surface area contributed by atoms with Crippen LogP contribution in [0.2, 0.25) is 0 Å². The Hall–Kier alpha value is -1.55. The molecule has 0 heterocycles. The van der Waals surface area contributed by atoms with Crippen LogP contribution in [0, 0.1) is 11.8 Å². The number of aldehydes is 1. The predicted molar refractivity (Wildman–Crippen MR) is 127 cm³/mol. The van der Waals surface area contributed by atoms with E-state index in [1.807, 2.05) is 46.7 Å². The monoisotopic (exact) mass is 458 g/mol. The third-order valence-corrected chi connectivity index (χ3v) is 5.95. The van der Waals surface area contributed by atoms with E-state index in [0.717, 1.165) is 19.3 Å². The molecular weight excluding hydrogens is 412 g/mol. The first kappa shape index (κ1) is 30.4. The van der Waals surface area contributed by atoms with E-state index in [0.29, 0.717) is 19.8 Å². The first-order valence-corrected chi connectivity index (χ1v) is 11.6. The van der Waals surface area contributed by atoms with Gasteiger partial charge in [-0.25, -0.2) is 0 Å². The molecular formula is C23H46N4O5. The number of carbonyl (C=O) groups is 3. The summed E-state index contributed by atoms with van der Waals surface area (Å²) in [6.07, 6.45) is 1.48. The van der Waals surface area contributed by atoms with Crippen molar-refractivity contribution < 1.29 is 23.9 Å². The molecule has 0 aliphatic rings. The Balaban J connectivity index is 5.01. The Bertz CT molecular complexity index is 546. The zero-order valence-electron chi connectivity index (χ0n) is 21.3. The molecule has 0 aromatic carbocycles. The van der Waals surface area contributed by atoms with Gasteiger partial charge in [0.25, 0.3) is 0 Å². The van der Waals surface area contributed by atoms with Gasteiger partial charge in [0.05, 0.1) is 37.9 Å². The van der Waals surface area contributed by atoms with Crippen LogP contribution in [-0.2, 0) is 23.9 Å². The number of carbonyl (C=O) groups excluding carboxylic acids is 3. The number of rotatable bonds is 18. The van der Waals surface area contributed by atoms with Crippen LogP contribution in [0.4, 0.5) is 0 Å². The Morgan fingerprint density at radius 1 is 1.12 bits per heavy atom. The Morgan fingerprint density at radius 3 is 2.28 bits per heavy atom. The topological polar surface area (TPSA) is 100 Å². The lowest BCUT2D eigenvalue weighted by atomic mass is 9.91. The molecule has 9 heteroatoms. The normalized spacial score (nSPS) is 15.3. The van der Waals surface area contributed by atoms with Crippen LogP contribution in [-0.4, -0.2) is 107 Å². The molecule has 4 atom stereocenters. The molecule has 0 spiro atoms. The molecule has 0 aromatic rings. The molecule has 0 aliphatic carbocycles. The number of methoxy groups -OCH3 is 1. The van der Waals surface area contributed by atoms with Gasteiger partial charge in [0.1, 0.15) is 6.29 Å². The summed E-state index contributed by atoms with van der Waals surface area (Å²) in [4.78, 5) is 40.4. The van der Waals surface area contributed by atoms with Crippen molar-refractivity contribution >= 4 is 18.1 Å². The zero-order valence-corrected chi connectivity index (χ0v) is 21.3. The molecule has 0 aromatic heterocycles. The van der Waals surface area contributed by atoms with Gasteiger partial charge in [-0.2, -0.15) is 0 Å². The molecule has 32 heavy (non-hydrogen) atoms. The highest BCUT2D eigenvalue weighted by Gasteiger charge is 2.33. The maximum atomic E-state index is 12.9. The van der Waals surface area contributed by atoms with Crippen molar-refractivity contribution in [2.75, 3.05) is 61.1 Å². The van der Waals surface area contributed by atoms with E-state index < -0.39 is 0 Å². The summed E-state index contributed by atoms with van der Waals surface area (Å²) < 4.78 is 11.1. The summed E-state index contributed by atoms with van der Waals surface area (Å²) in [5, 5.41) is 5.83. The second-order valence-electron chi connectivity index (χ2n) is 8.66. The van der Waals surface area contributed by atoms with E-state index in [1.54, 1.807) is 19.1 Å². The minimum Gasteiger partial charge on any atom is -0.379 e. The molecule has 0 aliphatic heterocycles. The van der Waals surface area contributed by atoms with Gasteiger partial charge < -0.3 is 29.8 Å². The smallest absolute Gasteiger partial charge is 0.242 e. The van der Waals surface area contributed by atoms with Gasteiger partial charge in [0.15, 0.2) is 0 Å². The number of likely N-dealkylation sites (N-methyl/N-ethyl adjacent to an activating group) is 3. The number of hydrogen-bond donors (Lipinski definition) is 2. The van der Waals surface area contributed by atoms with E-state index in [9.17, 15) is 14.4 Å². The molecule has 0 rings (SSSR count). The van der Waals surface area contributed by atoms with Crippen molar-refractivity contribution in [3.05, 3.63) is 0 Å². The number of amides is 2. The maximum absolute atomic E-state index is 12.9. The third-order valence-electron chi connectivity index (χ3n) is 5.95. The summed E-state index contributed by atoms with van der Waals surface area (Å²) in [5.74, 6) is -0.182. The van der Waals surface area contributed by atoms with Gasteiger partial charge in [0, 0.05) is 33.7 Å². The van der Waals surface area contributed by atoms with E-state index >= 15 is 0 Å². The molecule has 188 valence electrons. The molecule has 0 saturated carbocycles. The standard InChI is InChI=1S/C23H46N4O5/c1-9-18(4)22(19(31-8)10-13-28)27(7)20(29)16-25-23(30)21(17(2)3)26(6)12-15-32-14-11-24-5/h13,17-19,21-22,24H,9-12,14-16H2,1-8H3,(H,25,30). The number of nitrogens with zero attached hydrogens (tertiary/aromatic N) is 2. The van der Waals surface area contributed by atoms with Crippen LogP contribution in [0.1, 0.15) is 40.5 Å². The molecule has 2 amide bonds. The number of nitrogens with one attached hydrogen (secondary N) is 2. The van der Waals surface area contributed by atoms with E-state index in [1.165, 1.54) is 0 Å². The Labute approximate surface area is 194 Å². The minimum absolute atomic E-state index is 0.0727. The number of hydrogen-bond acceptors (Lipinski definition) is 7. The van der Waals surface area contributed by atoms with Crippen LogP contribution in [0.3, 0.4) is 0 Å². The van der Waals surface area contributed by atoms with E-state index in [2.05, 4.69) is 10.6 Å². The van der Waals surface area contributed by atoms with Crippen molar-refractivity contribution in [3.8, 4) is 0 Å². The molecule has 0 radical (unpaired) electrons. The highest BCUT2D eigenvalue weighted by Crippen LogP contribution is 2.21. The van der Waals surface area contributed by atoms with Crippen LogP contribution in [0.25, 0.3) is 0 Å². The summed E-state index contributed by atoms with van der Waals surface area (Å²) >= 11 is 0. The van der Waals surface area contributed by atoms with Crippen LogP contribution in [0.15, 0.2) is 0 Å². The molecule has 0 saturated heterocycles. The second kappa shape index (κ2) is 17.0. The lowest BCUT2D eigenvalue weighted by molar-refractivity contribution is -0.139. The van der Waals surface area contributed by atoms with Crippen molar-refractivity contribution in [2.45, 2.75) is 58.7 Å². The summed E-state index contributed by atoms with van der Waals surface area (Å²) in [7, 11) is 7.02.